The van der Waals surface area contributed by atoms with E-state index in [1.54, 1.807) is 0 Å². The molecular weight excluding hydrogens is 354 g/mol. The van der Waals surface area contributed by atoms with Gasteiger partial charge in [0.1, 0.15) is 5.54 Å². The molecule has 0 spiro atoms. The first-order chi connectivity index (χ1) is 13.5. The van der Waals surface area contributed by atoms with E-state index < -0.39 is 17.4 Å². The van der Waals surface area contributed by atoms with Gasteiger partial charge in [0.2, 0.25) is 5.78 Å². The summed E-state index contributed by atoms with van der Waals surface area (Å²) >= 11 is 0. The molecule has 5 nitrogen and oxygen atoms in total. The number of Topliss-reactive ketones (excluding diaryl/α,β-unsaturated/α-hetero) is 1. The van der Waals surface area contributed by atoms with Gasteiger partial charge in [-0.15, -0.1) is 0 Å². The smallest absolute Gasteiger partial charge is 0.329 e. The number of rotatable bonds is 7. The number of aliphatic carboxylic acids is 1. The predicted molar refractivity (Wildman–Crippen MR) is 108 cm³/mol. The van der Waals surface area contributed by atoms with Crippen LogP contribution in [0.4, 0.5) is 0 Å². The van der Waals surface area contributed by atoms with Crippen LogP contribution in [-0.2, 0) is 14.4 Å². The van der Waals surface area contributed by atoms with Crippen molar-refractivity contribution in [3.05, 3.63) is 0 Å². The van der Waals surface area contributed by atoms with E-state index in [0.29, 0.717) is 25.3 Å². The highest BCUT2D eigenvalue weighted by atomic mass is 16.4. The lowest BCUT2D eigenvalue weighted by Gasteiger charge is -2.44. The van der Waals surface area contributed by atoms with Crippen molar-refractivity contribution in [1.29, 1.82) is 0 Å². The average Bonchev–Trinajstić information content (AvgIpc) is 2.74. The molecular formula is C23H37NO4. The van der Waals surface area contributed by atoms with Crippen molar-refractivity contribution in [2.45, 2.75) is 108 Å². The summed E-state index contributed by atoms with van der Waals surface area (Å²) < 4.78 is 0. The molecule has 3 rings (SSSR count). The number of hydrogen-bond acceptors (Lipinski definition) is 3. The molecule has 1 aliphatic heterocycles. The molecule has 0 aromatic carbocycles. The maximum atomic E-state index is 13.1. The fourth-order valence-electron chi connectivity index (χ4n) is 5.75. The zero-order chi connectivity index (χ0) is 20.0. The summed E-state index contributed by atoms with van der Waals surface area (Å²) in [5.74, 6) is -1.26. The fraction of sp³-hybridized carbons (Fsp3) is 0.870. The van der Waals surface area contributed by atoms with E-state index in [0.717, 1.165) is 57.8 Å². The number of carboxylic acids is 1. The summed E-state index contributed by atoms with van der Waals surface area (Å²) in [6.45, 7) is 0.410. The van der Waals surface area contributed by atoms with Gasteiger partial charge in [-0.3, -0.25) is 9.59 Å². The molecule has 0 aromatic heterocycles. The molecule has 2 aliphatic carbocycles. The fourth-order valence-corrected chi connectivity index (χ4v) is 5.75. The monoisotopic (exact) mass is 391 g/mol. The van der Waals surface area contributed by atoms with Crippen molar-refractivity contribution in [1.82, 2.24) is 4.90 Å². The number of carbonyl (C=O) groups excluding carboxylic acids is 2. The van der Waals surface area contributed by atoms with Gasteiger partial charge in [0.15, 0.2) is 0 Å². The van der Waals surface area contributed by atoms with E-state index in [2.05, 4.69) is 0 Å². The maximum Gasteiger partial charge on any atom is 0.329 e. The highest BCUT2D eigenvalue weighted by Crippen LogP contribution is 2.37. The van der Waals surface area contributed by atoms with Crippen LogP contribution in [0, 0.1) is 11.8 Å². The summed E-state index contributed by atoms with van der Waals surface area (Å²) in [7, 11) is 0. The van der Waals surface area contributed by atoms with Crippen LogP contribution in [0.25, 0.3) is 0 Å². The van der Waals surface area contributed by atoms with Crippen molar-refractivity contribution in [3.63, 3.8) is 0 Å². The Morgan fingerprint density at radius 3 is 2.14 bits per heavy atom. The molecule has 1 N–H and O–H groups in total. The number of nitrogens with zero attached hydrogens (tertiary/aromatic N) is 1. The second-order valence-corrected chi connectivity index (χ2v) is 9.35. The highest BCUT2D eigenvalue weighted by Gasteiger charge is 2.49. The van der Waals surface area contributed by atoms with Crippen molar-refractivity contribution in [2.24, 2.45) is 11.8 Å². The quantitative estimate of drug-likeness (QED) is 0.637. The van der Waals surface area contributed by atoms with Gasteiger partial charge in [0, 0.05) is 12.5 Å². The standard InChI is InChI=1S/C23H37NO4/c25-20(19-13-5-2-6-14-19)21(26)24-17-8-7-15-23(24,22(27)28)16-9-12-18-10-3-1-4-11-18/h18-19H,1-17H2,(H,27,28). The Labute approximate surface area is 169 Å². The molecule has 5 heteroatoms. The third-order valence-corrected chi connectivity index (χ3v) is 7.50. The Bertz CT molecular complexity index is 563. The third kappa shape index (κ3) is 4.77. The molecule has 1 unspecified atom stereocenters. The molecule has 3 fully saturated rings. The Hall–Kier alpha value is -1.39. The lowest BCUT2D eigenvalue weighted by atomic mass is 9.78. The normalized spacial score (nSPS) is 27.5. The average molecular weight is 392 g/mol. The minimum atomic E-state index is -1.17. The van der Waals surface area contributed by atoms with Gasteiger partial charge in [-0.2, -0.15) is 0 Å². The third-order valence-electron chi connectivity index (χ3n) is 7.50. The van der Waals surface area contributed by atoms with E-state index in [9.17, 15) is 19.5 Å². The summed E-state index contributed by atoms with van der Waals surface area (Å²) in [5.41, 5.74) is -1.17. The van der Waals surface area contributed by atoms with Gasteiger partial charge < -0.3 is 10.0 Å². The first kappa shape index (κ1) is 21.3. The summed E-state index contributed by atoms with van der Waals surface area (Å²) in [4.78, 5) is 39.8. The van der Waals surface area contributed by atoms with Crippen LogP contribution in [0.15, 0.2) is 0 Å². The summed E-state index contributed by atoms with van der Waals surface area (Å²) in [5, 5.41) is 10.1. The van der Waals surface area contributed by atoms with E-state index >= 15 is 0 Å². The van der Waals surface area contributed by atoms with Crippen molar-refractivity contribution >= 4 is 17.7 Å². The Balaban J connectivity index is 1.68. The number of amides is 1. The van der Waals surface area contributed by atoms with Gasteiger partial charge in [-0.05, 0) is 44.4 Å². The number of carboxylic acid groups (broad SMARTS) is 1. The Kier molecular flexibility index (Phi) is 7.53. The first-order valence-corrected chi connectivity index (χ1v) is 11.6. The van der Waals surface area contributed by atoms with E-state index in [1.807, 2.05) is 0 Å². The first-order valence-electron chi connectivity index (χ1n) is 11.6. The van der Waals surface area contributed by atoms with Gasteiger partial charge in [0.25, 0.3) is 5.91 Å². The number of ketones is 1. The van der Waals surface area contributed by atoms with Crippen LogP contribution in [0.3, 0.4) is 0 Å². The molecule has 0 bridgehead atoms. The van der Waals surface area contributed by atoms with Gasteiger partial charge in [-0.25, -0.2) is 4.79 Å². The SMILES string of the molecule is O=C(C(=O)N1CCCCC1(CCCC1CCCCC1)C(=O)O)C1CCCCC1. The molecule has 3 aliphatic rings. The summed E-state index contributed by atoms with van der Waals surface area (Å²) in [6, 6.07) is 0. The lowest BCUT2D eigenvalue weighted by molar-refractivity contribution is -0.166. The van der Waals surface area contributed by atoms with Crippen molar-refractivity contribution in [2.75, 3.05) is 6.54 Å². The molecule has 1 heterocycles. The topological polar surface area (TPSA) is 74.7 Å². The second kappa shape index (κ2) is 9.89. The van der Waals surface area contributed by atoms with Crippen LogP contribution in [0.1, 0.15) is 103 Å². The molecule has 28 heavy (non-hydrogen) atoms. The number of piperidine rings is 1. The molecule has 0 radical (unpaired) electrons. The van der Waals surface area contributed by atoms with Crippen molar-refractivity contribution < 1.29 is 19.5 Å². The number of carbonyl (C=O) groups is 3. The molecule has 2 saturated carbocycles. The van der Waals surface area contributed by atoms with Crippen LogP contribution >= 0.6 is 0 Å². The largest absolute Gasteiger partial charge is 0.479 e. The molecule has 1 saturated heterocycles. The molecule has 0 aromatic rings. The Morgan fingerprint density at radius 1 is 0.857 bits per heavy atom. The van der Waals surface area contributed by atoms with E-state index in [-0.39, 0.29) is 11.7 Å². The lowest BCUT2D eigenvalue weighted by Crippen LogP contribution is -2.61. The van der Waals surface area contributed by atoms with Gasteiger partial charge in [-0.1, -0.05) is 64.2 Å². The van der Waals surface area contributed by atoms with E-state index in [1.165, 1.54) is 37.0 Å². The zero-order valence-corrected chi connectivity index (χ0v) is 17.3. The minimum Gasteiger partial charge on any atom is -0.479 e. The zero-order valence-electron chi connectivity index (χ0n) is 17.3. The van der Waals surface area contributed by atoms with Crippen LogP contribution in [0.2, 0.25) is 0 Å². The maximum absolute atomic E-state index is 13.1. The summed E-state index contributed by atoms with van der Waals surface area (Å²) in [6.07, 6.45) is 15.5. The number of likely N-dealkylation sites (tertiary alicyclic amines) is 1. The van der Waals surface area contributed by atoms with Crippen LogP contribution in [-0.4, -0.2) is 39.7 Å². The molecule has 158 valence electrons. The molecule has 1 amide bonds. The van der Waals surface area contributed by atoms with Crippen molar-refractivity contribution in [3.8, 4) is 0 Å². The van der Waals surface area contributed by atoms with Crippen LogP contribution < -0.4 is 0 Å². The van der Waals surface area contributed by atoms with Gasteiger partial charge in [0.05, 0.1) is 0 Å². The predicted octanol–water partition coefficient (Wildman–Crippen LogP) is 4.72. The van der Waals surface area contributed by atoms with E-state index in [4.69, 9.17) is 0 Å². The second-order valence-electron chi connectivity index (χ2n) is 9.35. The van der Waals surface area contributed by atoms with Crippen LogP contribution in [0.5, 0.6) is 0 Å². The minimum absolute atomic E-state index is 0.197. The number of hydrogen-bond donors (Lipinski definition) is 1. The highest BCUT2D eigenvalue weighted by molar-refractivity contribution is 6.37. The molecule has 1 atom stereocenters. The Morgan fingerprint density at radius 2 is 1.50 bits per heavy atom. The van der Waals surface area contributed by atoms with Gasteiger partial charge >= 0.3 is 5.97 Å².